The SMILES string of the molecule is COc1ccc(Nc2cncc(C(=O)NCCC3=CCCCC3)c2)c(OC)c1. The van der Waals surface area contributed by atoms with E-state index in [0.29, 0.717) is 29.3 Å². The molecule has 0 aliphatic heterocycles. The van der Waals surface area contributed by atoms with Gasteiger partial charge in [0.05, 0.1) is 37.4 Å². The van der Waals surface area contributed by atoms with Gasteiger partial charge < -0.3 is 20.1 Å². The summed E-state index contributed by atoms with van der Waals surface area (Å²) in [4.78, 5) is 16.6. The number of anilines is 2. The number of benzene rings is 1. The van der Waals surface area contributed by atoms with E-state index in [4.69, 9.17) is 9.47 Å². The lowest BCUT2D eigenvalue weighted by Gasteiger charge is -2.14. The Hall–Kier alpha value is -3.02. The van der Waals surface area contributed by atoms with Crippen LogP contribution in [0.3, 0.4) is 0 Å². The topological polar surface area (TPSA) is 72.5 Å². The lowest BCUT2D eigenvalue weighted by molar-refractivity contribution is 0.0953. The molecule has 0 bridgehead atoms. The third-order valence-electron chi connectivity index (χ3n) is 4.80. The van der Waals surface area contributed by atoms with Gasteiger partial charge in [0.25, 0.3) is 5.91 Å². The average Bonchev–Trinajstić information content (AvgIpc) is 2.75. The lowest BCUT2D eigenvalue weighted by Crippen LogP contribution is -2.25. The highest BCUT2D eigenvalue weighted by Gasteiger charge is 2.10. The first kappa shape index (κ1) is 19.7. The Kier molecular flexibility index (Phi) is 6.89. The number of aromatic nitrogens is 1. The van der Waals surface area contributed by atoms with Crippen molar-refractivity contribution in [3.63, 3.8) is 0 Å². The summed E-state index contributed by atoms with van der Waals surface area (Å²) < 4.78 is 10.6. The molecule has 1 aromatic carbocycles. The van der Waals surface area contributed by atoms with Crippen LogP contribution in [0.15, 0.2) is 48.3 Å². The quantitative estimate of drug-likeness (QED) is 0.661. The molecule has 2 N–H and O–H groups in total. The Morgan fingerprint density at radius 1 is 1.14 bits per heavy atom. The molecule has 1 aliphatic rings. The minimum atomic E-state index is -0.116. The maximum absolute atomic E-state index is 12.5. The molecule has 6 nitrogen and oxygen atoms in total. The van der Waals surface area contributed by atoms with E-state index in [-0.39, 0.29) is 5.91 Å². The first-order valence-corrected chi connectivity index (χ1v) is 9.60. The zero-order valence-electron chi connectivity index (χ0n) is 16.5. The normalized spacial score (nSPS) is 13.4. The highest BCUT2D eigenvalue weighted by Crippen LogP contribution is 2.31. The minimum absolute atomic E-state index is 0.116. The van der Waals surface area contributed by atoms with Crippen molar-refractivity contribution in [2.24, 2.45) is 0 Å². The first-order valence-electron chi connectivity index (χ1n) is 9.60. The number of ether oxygens (including phenoxy) is 2. The molecule has 0 fully saturated rings. The van der Waals surface area contributed by atoms with Gasteiger partial charge in [-0.05, 0) is 50.3 Å². The van der Waals surface area contributed by atoms with E-state index in [1.165, 1.54) is 18.4 Å². The summed E-state index contributed by atoms with van der Waals surface area (Å²) in [6, 6.07) is 7.29. The number of hydrogen-bond acceptors (Lipinski definition) is 5. The molecule has 0 saturated heterocycles. The van der Waals surface area contributed by atoms with Gasteiger partial charge in [-0.25, -0.2) is 0 Å². The highest BCUT2D eigenvalue weighted by atomic mass is 16.5. The second-order valence-electron chi connectivity index (χ2n) is 6.77. The Morgan fingerprint density at radius 2 is 2.04 bits per heavy atom. The molecule has 0 atom stereocenters. The molecular weight excluding hydrogens is 354 g/mol. The van der Waals surface area contributed by atoms with Gasteiger partial charge in [0.2, 0.25) is 0 Å². The summed E-state index contributed by atoms with van der Waals surface area (Å²) in [6.45, 7) is 0.647. The number of allylic oxidation sites excluding steroid dienone is 1. The van der Waals surface area contributed by atoms with Crippen molar-refractivity contribution in [1.82, 2.24) is 10.3 Å². The smallest absolute Gasteiger partial charge is 0.252 e. The van der Waals surface area contributed by atoms with E-state index in [2.05, 4.69) is 21.7 Å². The predicted molar refractivity (Wildman–Crippen MR) is 111 cm³/mol. The number of rotatable bonds is 8. The van der Waals surface area contributed by atoms with Crippen LogP contribution in [0.25, 0.3) is 0 Å². The molecule has 1 aromatic heterocycles. The first-order chi connectivity index (χ1) is 13.7. The molecule has 0 radical (unpaired) electrons. The molecule has 0 unspecified atom stereocenters. The Labute approximate surface area is 166 Å². The van der Waals surface area contributed by atoms with Gasteiger partial charge in [-0.3, -0.25) is 9.78 Å². The average molecular weight is 381 g/mol. The van der Waals surface area contributed by atoms with Crippen LogP contribution in [0.1, 0.15) is 42.5 Å². The van der Waals surface area contributed by atoms with Crippen molar-refractivity contribution in [1.29, 1.82) is 0 Å². The third kappa shape index (κ3) is 5.25. The van der Waals surface area contributed by atoms with Crippen LogP contribution < -0.4 is 20.1 Å². The molecule has 3 rings (SSSR count). The second-order valence-corrected chi connectivity index (χ2v) is 6.77. The van der Waals surface area contributed by atoms with Gasteiger partial charge in [0.1, 0.15) is 11.5 Å². The largest absolute Gasteiger partial charge is 0.497 e. The van der Waals surface area contributed by atoms with E-state index in [9.17, 15) is 4.79 Å². The zero-order valence-corrected chi connectivity index (χ0v) is 16.5. The van der Waals surface area contributed by atoms with E-state index >= 15 is 0 Å². The van der Waals surface area contributed by atoms with Gasteiger partial charge in [0.15, 0.2) is 0 Å². The van der Waals surface area contributed by atoms with Crippen LogP contribution in [0.2, 0.25) is 0 Å². The van der Waals surface area contributed by atoms with Crippen LogP contribution >= 0.6 is 0 Å². The van der Waals surface area contributed by atoms with Crippen molar-refractivity contribution in [3.8, 4) is 11.5 Å². The van der Waals surface area contributed by atoms with Crippen molar-refractivity contribution in [2.45, 2.75) is 32.1 Å². The Bertz CT molecular complexity index is 849. The fraction of sp³-hybridized carbons (Fsp3) is 0.364. The second kappa shape index (κ2) is 9.78. The number of hydrogen-bond donors (Lipinski definition) is 2. The van der Waals surface area contributed by atoms with Gasteiger partial charge in [-0.2, -0.15) is 0 Å². The number of carbonyl (C=O) groups is 1. The van der Waals surface area contributed by atoms with Crippen molar-refractivity contribution in [2.75, 3.05) is 26.1 Å². The molecule has 148 valence electrons. The number of nitrogens with one attached hydrogen (secondary N) is 2. The maximum atomic E-state index is 12.5. The van der Waals surface area contributed by atoms with E-state index < -0.39 is 0 Å². The van der Waals surface area contributed by atoms with E-state index in [0.717, 1.165) is 24.9 Å². The fourth-order valence-electron chi connectivity index (χ4n) is 3.26. The summed E-state index contributed by atoms with van der Waals surface area (Å²) in [5, 5.41) is 6.23. The lowest BCUT2D eigenvalue weighted by atomic mass is 9.97. The summed E-state index contributed by atoms with van der Waals surface area (Å²) in [6.07, 6.45) is 11.3. The van der Waals surface area contributed by atoms with E-state index in [1.54, 1.807) is 38.7 Å². The summed E-state index contributed by atoms with van der Waals surface area (Å²) in [5.41, 5.74) is 3.46. The third-order valence-corrected chi connectivity index (χ3v) is 4.80. The molecule has 28 heavy (non-hydrogen) atoms. The molecule has 1 amide bonds. The number of pyridine rings is 1. The van der Waals surface area contributed by atoms with Gasteiger partial charge in [0, 0.05) is 18.8 Å². The Balaban J connectivity index is 1.61. The molecular formula is C22H27N3O3. The number of nitrogens with zero attached hydrogens (tertiary/aromatic N) is 1. The monoisotopic (exact) mass is 381 g/mol. The van der Waals surface area contributed by atoms with Crippen molar-refractivity contribution >= 4 is 17.3 Å². The molecule has 1 aliphatic carbocycles. The van der Waals surface area contributed by atoms with Crippen molar-refractivity contribution in [3.05, 3.63) is 53.9 Å². The number of methoxy groups -OCH3 is 2. The van der Waals surface area contributed by atoms with Crippen LogP contribution in [0, 0.1) is 0 Å². The molecule has 0 saturated carbocycles. The van der Waals surface area contributed by atoms with Crippen LogP contribution in [0.5, 0.6) is 11.5 Å². The molecule has 1 heterocycles. The summed E-state index contributed by atoms with van der Waals surface area (Å²) in [5.74, 6) is 1.24. The predicted octanol–water partition coefficient (Wildman–Crippen LogP) is 4.46. The van der Waals surface area contributed by atoms with Gasteiger partial charge in [-0.15, -0.1) is 0 Å². The summed E-state index contributed by atoms with van der Waals surface area (Å²) >= 11 is 0. The number of amides is 1. The van der Waals surface area contributed by atoms with E-state index in [1.807, 2.05) is 12.1 Å². The molecule has 2 aromatic rings. The molecule has 6 heteroatoms. The van der Waals surface area contributed by atoms with Gasteiger partial charge >= 0.3 is 0 Å². The standard InChI is InChI=1S/C22H27N3O3/c1-27-19-8-9-20(21(13-19)28-2)25-18-12-17(14-23-15-18)22(26)24-11-10-16-6-4-3-5-7-16/h6,8-9,12-15,25H,3-5,7,10-11H2,1-2H3,(H,24,26). The minimum Gasteiger partial charge on any atom is -0.497 e. The zero-order chi connectivity index (χ0) is 19.8. The van der Waals surface area contributed by atoms with Crippen LogP contribution in [0.4, 0.5) is 11.4 Å². The summed E-state index contributed by atoms with van der Waals surface area (Å²) in [7, 11) is 3.21. The van der Waals surface area contributed by atoms with Gasteiger partial charge in [-0.1, -0.05) is 11.6 Å². The van der Waals surface area contributed by atoms with Crippen LogP contribution in [-0.4, -0.2) is 31.7 Å². The fourth-order valence-corrected chi connectivity index (χ4v) is 3.26. The maximum Gasteiger partial charge on any atom is 0.252 e. The Morgan fingerprint density at radius 3 is 2.79 bits per heavy atom. The van der Waals surface area contributed by atoms with Crippen LogP contribution in [-0.2, 0) is 0 Å². The highest BCUT2D eigenvalue weighted by molar-refractivity contribution is 5.94. The number of carbonyl (C=O) groups excluding carboxylic acids is 1. The van der Waals surface area contributed by atoms with Crippen molar-refractivity contribution < 1.29 is 14.3 Å². The molecule has 0 spiro atoms.